The molecule has 0 aliphatic carbocycles. The smallest absolute Gasteiger partial charge is 0.152 e. The third kappa shape index (κ3) is 2.50. The second-order valence-corrected chi connectivity index (χ2v) is 6.04. The molecule has 0 aliphatic rings. The Labute approximate surface area is 140 Å². The van der Waals surface area contributed by atoms with Gasteiger partial charge in [-0.3, -0.25) is 4.68 Å². The summed E-state index contributed by atoms with van der Waals surface area (Å²) in [6, 6.07) is 16.8. The standard InChI is InChI=1S/C20H20N4/c1-2-24-13-16-18-15(12-11-14-7-4-3-5-8-14)9-6-10-17(18)22-20(21)19(16)23-24/h3-10,13H,2,11-12H2,1H3,(H2,21,22). The Balaban J connectivity index is 1.84. The predicted octanol–water partition coefficient (Wildman–Crippen LogP) is 3.97. The molecular formula is C20H20N4. The van der Waals surface area contributed by atoms with E-state index < -0.39 is 0 Å². The normalized spacial score (nSPS) is 11.4. The predicted molar refractivity (Wildman–Crippen MR) is 99.0 cm³/mol. The zero-order chi connectivity index (χ0) is 16.5. The number of rotatable bonds is 4. The number of aryl methyl sites for hydroxylation is 3. The zero-order valence-corrected chi connectivity index (χ0v) is 13.7. The number of benzene rings is 2. The van der Waals surface area contributed by atoms with Crippen LogP contribution in [0.25, 0.3) is 21.8 Å². The molecule has 2 heterocycles. The fourth-order valence-corrected chi connectivity index (χ4v) is 3.26. The fourth-order valence-electron chi connectivity index (χ4n) is 3.26. The topological polar surface area (TPSA) is 56.7 Å². The third-order valence-corrected chi connectivity index (χ3v) is 4.49. The molecule has 2 aromatic carbocycles. The molecule has 0 radical (unpaired) electrons. The molecule has 4 heteroatoms. The number of pyridine rings is 1. The van der Waals surface area contributed by atoms with Gasteiger partial charge in [-0.25, -0.2) is 4.98 Å². The van der Waals surface area contributed by atoms with Gasteiger partial charge in [-0.1, -0.05) is 42.5 Å². The molecule has 4 aromatic rings. The van der Waals surface area contributed by atoms with Crippen LogP contribution in [0.1, 0.15) is 18.1 Å². The highest BCUT2D eigenvalue weighted by Crippen LogP contribution is 2.30. The first-order chi connectivity index (χ1) is 11.8. The number of nitrogens with zero attached hydrogens (tertiary/aromatic N) is 3. The molecule has 0 aliphatic heterocycles. The third-order valence-electron chi connectivity index (χ3n) is 4.49. The van der Waals surface area contributed by atoms with Crippen molar-refractivity contribution in [2.45, 2.75) is 26.3 Å². The fraction of sp³-hybridized carbons (Fsp3) is 0.200. The molecule has 0 saturated heterocycles. The van der Waals surface area contributed by atoms with Crippen LogP contribution in [0.4, 0.5) is 5.82 Å². The molecule has 0 atom stereocenters. The monoisotopic (exact) mass is 316 g/mol. The molecule has 4 rings (SSSR count). The number of nitrogens with two attached hydrogens (primary N) is 1. The van der Waals surface area contributed by atoms with Crippen molar-refractivity contribution in [3.05, 3.63) is 65.9 Å². The Morgan fingerprint density at radius 2 is 1.83 bits per heavy atom. The summed E-state index contributed by atoms with van der Waals surface area (Å²) in [4.78, 5) is 4.57. The van der Waals surface area contributed by atoms with Crippen molar-refractivity contribution in [1.82, 2.24) is 14.8 Å². The van der Waals surface area contributed by atoms with Crippen LogP contribution in [0, 0.1) is 0 Å². The minimum atomic E-state index is 0.505. The Kier molecular flexibility index (Phi) is 3.65. The minimum absolute atomic E-state index is 0.505. The number of fused-ring (bicyclic) bond motifs is 3. The van der Waals surface area contributed by atoms with Crippen molar-refractivity contribution in [2.75, 3.05) is 5.73 Å². The van der Waals surface area contributed by atoms with Gasteiger partial charge in [0.05, 0.1) is 5.52 Å². The van der Waals surface area contributed by atoms with Crippen LogP contribution in [0.15, 0.2) is 54.7 Å². The van der Waals surface area contributed by atoms with Gasteiger partial charge in [0.1, 0.15) is 5.52 Å². The van der Waals surface area contributed by atoms with Crippen LogP contribution in [0.3, 0.4) is 0 Å². The number of hydrogen-bond acceptors (Lipinski definition) is 3. The van der Waals surface area contributed by atoms with E-state index in [1.165, 1.54) is 16.5 Å². The molecule has 120 valence electrons. The van der Waals surface area contributed by atoms with Gasteiger partial charge in [-0.05, 0) is 37.0 Å². The molecule has 0 fully saturated rings. The van der Waals surface area contributed by atoms with Crippen LogP contribution < -0.4 is 5.73 Å². The summed E-state index contributed by atoms with van der Waals surface area (Å²) in [6.45, 7) is 2.90. The molecule has 0 amide bonds. The van der Waals surface area contributed by atoms with E-state index in [1.807, 2.05) is 10.7 Å². The van der Waals surface area contributed by atoms with E-state index in [0.717, 1.165) is 35.8 Å². The number of anilines is 1. The SMILES string of the molecule is CCn1cc2c(n1)c(N)nc1cccc(CCc3ccccc3)c12. The summed E-state index contributed by atoms with van der Waals surface area (Å²) in [5.74, 6) is 0.505. The summed E-state index contributed by atoms with van der Waals surface area (Å²) in [5.41, 5.74) is 10.5. The van der Waals surface area contributed by atoms with Crippen LogP contribution in [-0.4, -0.2) is 14.8 Å². The molecule has 0 bridgehead atoms. The van der Waals surface area contributed by atoms with Crippen LogP contribution >= 0.6 is 0 Å². The summed E-state index contributed by atoms with van der Waals surface area (Å²) < 4.78 is 1.93. The lowest BCUT2D eigenvalue weighted by Crippen LogP contribution is -1.97. The first-order valence-corrected chi connectivity index (χ1v) is 8.34. The zero-order valence-electron chi connectivity index (χ0n) is 13.7. The van der Waals surface area contributed by atoms with E-state index in [1.54, 1.807) is 0 Å². The van der Waals surface area contributed by atoms with Gasteiger partial charge in [0, 0.05) is 23.5 Å². The number of hydrogen-bond donors (Lipinski definition) is 1. The molecule has 4 nitrogen and oxygen atoms in total. The van der Waals surface area contributed by atoms with Crippen molar-refractivity contribution >= 4 is 27.6 Å². The van der Waals surface area contributed by atoms with Gasteiger partial charge in [-0.2, -0.15) is 5.10 Å². The van der Waals surface area contributed by atoms with Crippen molar-refractivity contribution < 1.29 is 0 Å². The molecular weight excluding hydrogens is 296 g/mol. The number of aromatic nitrogens is 3. The maximum absolute atomic E-state index is 6.12. The van der Waals surface area contributed by atoms with E-state index in [0.29, 0.717) is 5.82 Å². The summed E-state index contributed by atoms with van der Waals surface area (Å²) in [5, 5.41) is 6.85. The molecule has 2 aromatic heterocycles. The molecule has 0 unspecified atom stereocenters. The highest BCUT2D eigenvalue weighted by atomic mass is 15.3. The Hall–Kier alpha value is -2.88. The second kappa shape index (κ2) is 5.96. The van der Waals surface area contributed by atoms with Crippen molar-refractivity contribution in [2.24, 2.45) is 0 Å². The lowest BCUT2D eigenvalue weighted by atomic mass is 9.98. The summed E-state index contributed by atoms with van der Waals surface area (Å²) in [6.07, 6.45) is 4.06. The lowest BCUT2D eigenvalue weighted by Gasteiger charge is -2.08. The van der Waals surface area contributed by atoms with E-state index in [-0.39, 0.29) is 0 Å². The van der Waals surface area contributed by atoms with Gasteiger partial charge in [0.2, 0.25) is 0 Å². The average molecular weight is 316 g/mol. The largest absolute Gasteiger partial charge is 0.382 e. The van der Waals surface area contributed by atoms with E-state index in [2.05, 4.69) is 65.7 Å². The Bertz CT molecular complexity index is 1000. The van der Waals surface area contributed by atoms with E-state index >= 15 is 0 Å². The van der Waals surface area contributed by atoms with Gasteiger partial charge >= 0.3 is 0 Å². The van der Waals surface area contributed by atoms with Gasteiger partial charge < -0.3 is 5.73 Å². The molecule has 2 N–H and O–H groups in total. The highest BCUT2D eigenvalue weighted by Gasteiger charge is 2.13. The number of nitrogen functional groups attached to an aromatic ring is 1. The first-order valence-electron chi connectivity index (χ1n) is 8.34. The van der Waals surface area contributed by atoms with Gasteiger partial charge in [0.25, 0.3) is 0 Å². The summed E-state index contributed by atoms with van der Waals surface area (Å²) >= 11 is 0. The van der Waals surface area contributed by atoms with E-state index in [4.69, 9.17) is 5.73 Å². The first kappa shape index (κ1) is 14.7. The Morgan fingerprint density at radius 3 is 2.62 bits per heavy atom. The second-order valence-electron chi connectivity index (χ2n) is 6.04. The summed E-state index contributed by atoms with van der Waals surface area (Å²) in [7, 11) is 0. The molecule has 24 heavy (non-hydrogen) atoms. The van der Waals surface area contributed by atoms with Crippen LogP contribution in [0.5, 0.6) is 0 Å². The minimum Gasteiger partial charge on any atom is -0.382 e. The quantitative estimate of drug-likeness (QED) is 0.620. The highest BCUT2D eigenvalue weighted by molar-refractivity contribution is 6.09. The van der Waals surface area contributed by atoms with Crippen LogP contribution in [-0.2, 0) is 19.4 Å². The average Bonchev–Trinajstić information content (AvgIpc) is 3.06. The maximum atomic E-state index is 6.12. The molecule has 0 spiro atoms. The van der Waals surface area contributed by atoms with Crippen molar-refractivity contribution in [1.29, 1.82) is 0 Å². The molecule has 0 saturated carbocycles. The van der Waals surface area contributed by atoms with Crippen molar-refractivity contribution in [3.8, 4) is 0 Å². The van der Waals surface area contributed by atoms with Crippen LogP contribution in [0.2, 0.25) is 0 Å². The Morgan fingerprint density at radius 1 is 1.00 bits per heavy atom. The van der Waals surface area contributed by atoms with E-state index in [9.17, 15) is 0 Å². The maximum Gasteiger partial charge on any atom is 0.152 e. The van der Waals surface area contributed by atoms with Gasteiger partial charge in [0.15, 0.2) is 5.82 Å². The van der Waals surface area contributed by atoms with Crippen molar-refractivity contribution in [3.63, 3.8) is 0 Å². The van der Waals surface area contributed by atoms with Gasteiger partial charge in [-0.15, -0.1) is 0 Å². The lowest BCUT2D eigenvalue weighted by molar-refractivity contribution is 0.668.